The Kier molecular flexibility index (Phi) is 16.8. The summed E-state index contributed by atoms with van der Waals surface area (Å²) in [5, 5.41) is 24.2. The molecule has 2 fully saturated rings. The summed E-state index contributed by atoms with van der Waals surface area (Å²) < 4.78 is 27.1. The highest BCUT2D eigenvalue weighted by atomic mass is 16.6. The van der Waals surface area contributed by atoms with Crippen molar-refractivity contribution in [3.05, 3.63) is 35.9 Å². The van der Waals surface area contributed by atoms with Crippen LogP contribution in [0, 0.1) is 5.92 Å². The Hall–Kier alpha value is -3.91. The van der Waals surface area contributed by atoms with Crippen molar-refractivity contribution in [3.63, 3.8) is 0 Å². The first-order valence-corrected chi connectivity index (χ1v) is 16.5. The van der Waals surface area contributed by atoms with Crippen molar-refractivity contribution in [2.75, 3.05) is 26.3 Å². The maximum Gasteiger partial charge on any atom is 0.407 e. The lowest BCUT2D eigenvalue weighted by Gasteiger charge is -2.35. The molecule has 0 spiro atoms. The first-order chi connectivity index (χ1) is 22.7. The van der Waals surface area contributed by atoms with E-state index in [2.05, 4.69) is 10.6 Å². The van der Waals surface area contributed by atoms with Gasteiger partial charge in [0.2, 0.25) is 0 Å². The minimum absolute atomic E-state index is 0.0406. The van der Waals surface area contributed by atoms with Gasteiger partial charge in [-0.1, -0.05) is 36.8 Å². The number of hydrogen-bond donors (Lipinski definition) is 4. The number of carbonyl (C=O) groups is 5. The molecule has 0 aliphatic heterocycles. The number of amides is 2. The highest BCUT2D eigenvalue weighted by Crippen LogP contribution is 2.39. The molecule has 4 N–H and O–H groups in total. The summed E-state index contributed by atoms with van der Waals surface area (Å²) in [7, 11) is 0. The molecule has 3 rings (SSSR count). The van der Waals surface area contributed by atoms with Gasteiger partial charge in [-0.25, -0.2) is 9.59 Å². The lowest BCUT2D eigenvalue weighted by molar-refractivity contribution is -0.166. The van der Waals surface area contributed by atoms with E-state index in [9.17, 15) is 29.1 Å². The number of benzene rings is 1. The van der Waals surface area contributed by atoms with Gasteiger partial charge < -0.3 is 44.5 Å². The molecule has 0 saturated heterocycles. The number of aliphatic hydroxyl groups excluding tert-OH is 1. The van der Waals surface area contributed by atoms with Crippen LogP contribution in [0.3, 0.4) is 0 Å². The lowest BCUT2D eigenvalue weighted by atomic mass is 9.81. The fourth-order valence-electron chi connectivity index (χ4n) is 5.72. The number of esters is 2. The molecule has 3 unspecified atom stereocenters. The van der Waals surface area contributed by atoms with E-state index in [1.54, 1.807) is 0 Å². The third-order valence-electron chi connectivity index (χ3n) is 8.04. The van der Waals surface area contributed by atoms with E-state index >= 15 is 0 Å². The molecule has 2 saturated carbocycles. The van der Waals surface area contributed by atoms with Gasteiger partial charge in [-0.3, -0.25) is 14.4 Å². The molecule has 0 aromatic heterocycles. The Morgan fingerprint density at radius 3 is 2.00 bits per heavy atom. The average Bonchev–Trinajstić information content (AvgIpc) is 3.06. The topological polar surface area (TPSA) is 196 Å². The number of alkyl carbamates (subject to hydrolysis) is 2. The quantitative estimate of drug-likeness (QED) is 0.0759. The molecule has 2 amide bonds. The molecule has 14 heteroatoms. The van der Waals surface area contributed by atoms with Crippen molar-refractivity contribution in [2.24, 2.45) is 5.92 Å². The molecule has 262 valence electrons. The third kappa shape index (κ3) is 15.5. The maximum atomic E-state index is 12.4. The van der Waals surface area contributed by atoms with Gasteiger partial charge in [0.05, 0.1) is 19.3 Å². The number of carbonyl (C=O) groups excluding carboxylic acids is 4. The maximum absolute atomic E-state index is 12.4. The molecule has 1 aromatic carbocycles. The lowest BCUT2D eigenvalue weighted by Crippen LogP contribution is -2.36. The average molecular weight is 665 g/mol. The molecule has 4 atom stereocenters. The van der Waals surface area contributed by atoms with Crippen LogP contribution in [-0.2, 0) is 38.1 Å². The zero-order chi connectivity index (χ0) is 33.9. The minimum atomic E-state index is -1.14. The molecular weight excluding hydrogens is 616 g/mol. The van der Waals surface area contributed by atoms with E-state index in [1.165, 1.54) is 0 Å². The first-order valence-electron chi connectivity index (χ1n) is 16.5. The number of rotatable bonds is 18. The van der Waals surface area contributed by atoms with E-state index in [0.717, 1.165) is 50.5 Å². The van der Waals surface area contributed by atoms with Crippen LogP contribution in [0.4, 0.5) is 9.59 Å². The fourth-order valence-corrected chi connectivity index (χ4v) is 5.72. The number of nitrogens with one attached hydrogen (secondary N) is 2. The molecule has 0 radical (unpaired) electrons. The SMILES string of the molecule is O=C(O)CCCOC(=O)CNC(=O)OC1CCC[C@@H](C(OC(O)CCCOC(=O)CNC(=O)OC2CCCCC2)c2ccccc2)C1. The Morgan fingerprint density at radius 1 is 0.766 bits per heavy atom. The molecule has 2 aliphatic rings. The highest BCUT2D eigenvalue weighted by molar-refractivity contribution is 5.78. The second kappa shape index (κ2) is 21.1. The number of carboxylic acids is 1. The zero-order valence-corrected chi connectivity index (χ0v) is 26.8. The number of ether oxygens (including phenoxy) is 5. The van der Waals surface area contributed by atoms with Crippen molar-refractivity contribution in [2.45, 2.75) is 108 Å². The normalized spacial score (nSPS) is 19.4. The van der Waals surface area contributed by atoms with Crippen molar-refractivity contribution >= 4 is 30.1 Å². The summed E-state index contributed by atoms with van der Waals surface area (Å²) >= 11 is 0. The van der Waals surface area contributed by atoms with Gasteiger partial charge in [0.15, 0.2) is 6.29 Å². The summed E-state index contributed by atoms with van der Waals surface area (Å²) in [5.41, 5.74) is 0.866. The molecular formula is C33H48N2O12. The number of aliphatic carboxylic acids is 1. The van der Waals surface area contributed by atoms with Crippen LogP contribution < -0.4 is 10.6 Å². The summed E-state index contributed by atoms with van der Waals surface area (Å²) in [4.78, 5) is 58.7. The number of aliphatic hydroxyl groups is 1. The summed E-state index contributed by atoms with van der Waals surface area (Å²) in [5.74, 6) is -2.36. The van der Waals surface area contributed by atoms with E-state index in [-0.39, 0.29) is 51.0 Å². The van der Waals surface area contributed by atoms with Gasteiger partial charge in [-0.2, -0.15) is 0 Å². The standard InChI is InChI=1S/C33H48N2O12/c36-27(37)16-8-18-43-29(39)22-35-33(42)46-26-15-7-12-24(20-26)31(23-10-3-1-4-11-23)47-28(38)17-9-19-44-30(40)21-34-32(41)45-25-13-5-2-6-14-25/h1,3-4,10-11,24-26,28,31,38H,2,5-9,12-22H2,(H,34,41)(H,35,42)(H,36,37)/t24-,26?,28?,31?/m1/s1. The second-order valence-corrected chi connectivity index (χ2v) is 11.8. The van der Waals surface area contributed by atoms with Crippen LogP contribution in [0.2, 0.25) is 0 Å². The number of hydrogen-bond acceptors (Lipinski definition) is 11. The van der Waals surface area contributed by atoms with Gasteiger partial charge in [-0.05, 0) is 75.7 Å². The largest absolute Gasteiger partial charge is 0.481 e. The van der Waals surface area contributed by atoms with Gasteiger partial charge in [-0.15, -0.1) is 0 Å². The van der Waals surface area contributed by atoms with Crippen molar-refractivity contribution in [3.8, 4) is 0 Å². The monoisotopic (exact) mass is 664 g/mol. The Balaban J connectivity index is 1.38. The predicted octanol–water partition coefficient (Wildman–Crippen LogP) is 4.14. The smallest absolute Gasteiger partial charge is 0.407 e. The summed E-state index contributed by atoms with van der Waals surface area (Å²) in [6.07, 6.45) is 4.54. The molecule has 47 heavy (non-hydrogen) atoms. The van der Waals surface area contributed by atoms with E-state index in [1.807, 2.05) is 30.3 Å². The van der Waals surface area contributed by atoms with Gasteiger partial charge in [0.25, 0.3) is 0 Å². The second-order valence-electron chi connectivity index (χ2n) is 11.8. The van der Waals surface area contributed by atoms with Crippen LogP contribution in [0.25, 0.3) is 0 Å². The fraction of sp³-hybridized carbons (Fsp3) is 0.667. The van der Waals surface area contributed by atoms with Crippen LogP contribution in [0.15, 0.2) is 30.3 Å². The Morgan fingerprint density at radius 2 is 1.36 bits per heavy atom. The van der Waals surface area contributed by atoms with Gasteiger partial charge in [0, 0.05) is 12.8 Å². The predicted molar refractivity (Wildman–Crippen MR) is 166 cm³/mol. The molecule has 0 bridgehead atoms. The summed E-state index contributed by atoms with van der Waals surface area (Å²) in [6, 6.07) is 9.45. The highest BCUT2D eigenvalue weighted by Gasteiger charge is 2.33. The Bertz CT molecular complexity index is 1130. The molecule has 0 heterocycles. The van der Waals surface area contributed by atoms with Crippen LogP contribution in [0.1, 0.15) is 95.1 Å². The minimum Gasteiger partial charge on any atom is -0.481 e. The van der Waals surface area contributed by atoms with Crippen molar-refractivity contribution < 1.29 is 57.9 Å². The van der Waals surface area contributed by atoms with E-state index in [0.29, 0.717) is 19.3 Å². The van der Waals surface area contributed by atoms with E-state index in [4.69, 9.17) is 28.8 Å². The first kappa shape index (κ1) is 37.5. The van der Waals surface area contributed by atoms with Crippen molar-refractivity contribution in [1.29, 1.82) is 0 Å². The van der Waals surface area contributed by atoms with Crippen molar-refractivity contribution in [1.82, 2.24) is 10.6 Å². The van der Waals surface area contributed by atoms with Crippen LogP contribution >= 0.6 is 0 Å². The summed E-state index contributed by atoms with van der Waals surface area (Å²) in [6.45, 7) is -0.718. The van der Waals surface area contributed by atoms with E-state index < -0.39 is 55.1 Å². The van der Waals surface area contributed by atoms with Gasteiger partial charge >= 0.3 is 30.1 Å². The molecule has 2 aliphatic carbocycles. The van der Waals surface area contributed by atoms with Crippen LogP contribution in [0.5, 0.6) is 0 Å². The molecule has 1 aromatic rings. The van der Waals surface area contributed by atoms with Gasteiger partial charge in [0.1, 0.15) is 25.3 Å². The zero-order valence-electron chi connectivity index (χ0n) is 26.8. The Labute approximate surface area is 274 Å². The third-order valence-corrected chi connectivity index (χ3v) is 8.04. The molecule has 14 nitrogen and oxygen atoms in total. The van der Waals surface area contributed by atoms with Crippen LogP contribution in [-0.4, -0.2) is 85.1 Å². The number of carboxylic acid groups (broad SMARTS) is 1.